The highest BCUT2D eigenvalue weighted by Crippen LogP contribution is 2.40. The molecule has 1 aliphatic carbocycles. The van der Waals surface area contributed by atoms with Crippen molar-refractivity contribution in [2.75, 3.05) is 20.1 Å². The number of ether oxygens (including phenoxy) is 1. The Bertz CT molecular complexity index is 639. The highest BCUT2D eigenvalue weighted by molar-refractivity contribution is 14.0. The first-order valence-electron chi connectivity index (χ1n) is 8.88. The second-order valence-electron chi connectivity index (χ2n) is 7.80. The number of aliphatic imine (C=N–C) groups is 1. The Hall–Kier alpha value is -1.51. The number of likely N-dealkylation sites (tertiary alicyclic amines) is 1. The van der Waals surface area contributed by atoms with Crippen LogP contribution in [-0.2, 0) is 4.74 Å². The number of benzene rings is 1. The van der Waals surface area contributed by atoms with E-state index in [0.717, 1.165) is 12.4 Å². The van der Waals surface area contributed by atoms with Gasteiger partial charge in [-0.2, -0.15) is 0 Å². The van der Waals surface area contributed by atoms with Crippen molar-refractivity contribution in [3.63, 3.8) is 0 Å². The summed E-state index contributed by atoms with van der Waals surface area (Å²) in [6, 6.07) is 11.2. The third-order valence-corrected chi connectivity index (χ3v) is 4.44. The van der Waals surface area contributed by atoms with Crippen LogP contribution in [0.25, 0.3) is 0 Å². The zero-order chi connectivity index (χ0) is 18.0. The number of nitrogens with one attached hydrogen (secondary N) is 2. The van der Waals surface area contributed by atoms with E-state index in [0.29, 0.717) is 25.0 Å². The van der Waals surface area contributed by atoms with Crippen LogP contribution in [0.5, 0.6) is 0 Å². The molecule has 0 spiro atoms. The standard InChI is InChI=1S/C19H28N4O2.HI/c1-19(2,3)25-18(24)23-11-14(12-23)21-17(20-4)22-16-10-15(16)13-8-6-5-7-9-13;/h5-9,14-16H,10-12H2,1-4H3,(H2,20,21,22);1H. The number of amides is 1. The third-order valence-electron chi connectivity index (χ3n) is 4.44. The van der Waals surface area contributed by atoms with Crippen LogP contribution in [0.3, 0.4) is 0 Å². The molecule has 1 aromatic rings. The predicted octanol–water partition coefficient (Wildman–Crippen LogP) is 2.94. The van der Waals surface area contributed by atoms with Crippen molar-refractivity contribution in [2.24, 2.45) is 4.99 Å². The maximum Gasteiger partial charge on any atom is 0.410 e. The molecule has 0 bridgehead atoms. The molecule has 0 aromatic heterocycles. The van der Waals surface area contributed by atoms with Gasteiger partial charge in [-0.15, -0.1) is 24.0 Å². The fourth-order valence-electron chi connectivity index (χ4n) is 3.01. The van der Waals surface area contributed by atoms with Gasteiger partial charge < -0.3 is 20.3 Å². The molecule has 144 valence electrons. The molecule has 0 radical (unpaired) electrons. The normalized spacial score (nSPS) is 22.8. The van der Waals surface area contributed by atoms with E-state index in [-0.39, 0.29) is 36.1 Å². The van der Waals surface area contributed by atoms with E-state index in [1.54, 1.807) is 11.9 Å². The molecule has 2 atom stereocenters. The molecule has 2 N–H and O–H groups in total. The lowest BCUT2D eigenvalue weighted by molar-refractivity contribution is 0.00700. The Morgan fingerprint density at radius 1 is 1.19 bits per heavy atom. The van der Waals surface area contributed by atoms with Gasteiger partial charge in [0, 0.05) is 32.1 Å². The van der Waals surface area contributed by atoms with Crippen molar-refractivity contribution >= 4 is 36.0 Å². The first kappa shape index (κ1) is 20.8. The number of halogens is 1. The van der Waals surface area contributed by atoms with Gasteiger partial charge in [-0.3, -0.25) is 4.99 Å². The Kier molecular flexibility index (Phi) is 6.76. The van der Waals surface area contributed by atoms with E-state index in [9.17, 15) is 4.79 Å². The monoisotopic (exact) mass is 472 g/mol. The molecule has 1 saturated heterocycles. The first-order valence-corrected chi connectivity index (χ1v) is 8.88. The molecule has 2 aliphatic rings. The van der Waals surface area contributed by atoms with Gasteiger partial charge >= 0.3 is 6.09 Å². The summed E-state index contributed by atoms with van der Waals surface area (Å²) in [6.07, 6.45) is 0.874. The van der Waals surface area contributed by atoms with Crippen LogP contribution < -0.4 is 10.6 Å². The summed E-state index contributed by atoms with van der Waals surface area (Å²) in [6.45, 7) is 6.92. The number of rotatable bonds is 3. The topological polar surface area (TPSA) is 66.0 Å². The van der Waals surface area contributed by atoms with E-state index < -0.39 is 5.60 Å². The van der Waals surface area contributed by atoms with Gasteiger partial charge in [-0.25, -0.2) is 4.79 Å². The second-order valence-corrected chi connectivity index (χ2v) is 7.80. The average molecular weight is 472 g/mol. The van der Waals surface area contributed by atoms with Crippen molar-refractivity contribution in [3.05, 3.63) is 35.9 Å². The molecule has 2 unspecified atom stereocenters. The Balaban J connectivity index is 0.00000243. The molecule has 1 aliphatic heterocycles. The lowest BCUT2D eigenvalue weighted by Gasteiger charge is -2.40. The van der Waals surface area contributed by atoms with Gasteiger partial charge in [-0.05, 0) is 32.8 Å². The zero-order valence-electron chi connectivity index (χ0n) is 15.9. The van der Waals surface area contributed by atoms with Crippen LogP contribution in [0.1, 0.15) is 38.7 Å². The zero-order valence-corrected chi connectivity index (χ0v) is 18.2. The summed E-state index contributed by atoms with van der Waals surface area (Å²) < 4.78 is 5.37. The van der Waals surface area contributed by atoms with E-state index in [4.69, 9.17) is 4.74 Å². The van der Waals surface area contributed by atoms with Crippen molar-refractivity contribution < 1.29 is 9.53 Å². The fraction of sp³-hybridized carbons (Fsp3) is 0.579. The highest BCUT2D eigenvalue weighted by atomic mass is 127. The highest BCUT2D eigenvalue weighted by Gasteiger charge is 2.40. The quantitative estimate of drug-likeness (QED) is 0.404. The minimum absolute atomic E-state index is 0. The summed E-state index contributed by atoms with van der Waals surface area (Å²) in [5.41, 5.74) is 0.918. The molecule has 1 amide bonds. The maximum absolute atomic E-state index is 12.0. The number of guanidine groups is 1. The molecular formula is C19H29IN4O2. The minimum Gasteiger partial charge on any atom is -0.444 e. The molecule has 3 rings (SSSR count). The molecule has 1 aromatic carbocycles. The van der Waals surface area contributed by atoms with Gasteiger partial charge in [0.05, 0.1) is 6.04 Å². The summed E-state index contributed by atoms with van der Waals surface area (Å²) in [7, 11) is 1.78. The molecule has 1 saturated carbocycles. The summed E-state index contributed by atoms with van der Waals surface area (Å²) in [5.74, 6) is 1.36. The molecule has 7 heteroatoms. The molecule has 6 nitrogen and oxygen atoms in total. The Labute approximate surface area is 172 Å². The maximum atomic E-state index is 12.0. The predicted molar refractivity (Wildman–Crippen MR) is 114 cm³/mol. The summed E-state index contributed by atoms with van der Waals surface area (Å²) in [4.78, 5) is 18.0. The fourth-order valence-corrected chi connectivity index (χ4v) is 3.01. The Morgan fingerprint density at radius 3 is 2.42 bits per heavy atom. The summed E-state index contributed by atoms with van der Waals surface area (Å²) >= 11 is 0. The van der Waals surface area contributed by atoms with Gasteiger partial charge in [0.1, 0.15) is 5.60 Å². The van der Waals surface area contributed by atoms with Crippen LogP contribution in [0.4, 0.5) is 4.79 Å². The van der Waals surface area contributed by atoms with Crippen LogP contribution in [0.15, 0.2) is 35.3 Å². The molecular weight excluding hydrogens is 443 g/mol. The number of hydrogen-bond acceptors (Lipinski definition) is 3. The SMILES string of the molecule is CN=C(NC1CN(C(=O)OC(C)(C)C)C1)NC1CC1c1ccccc1.I. The van der Waals surface area contributed by atoms with Crippen molar-refractivity contribution in [2.45, 2.75) is 50.8 Å². The van der Waals surface area contributed by atoms with Crippen LogP contribution in [0, 0.1) is 0 Å². The van der Waals surface area contributed by atoms with E-state index in [1.807, 2.05) is 26.8 Å². The van der Waals surface area contributed by atoms with E-state index in [2.05, 4.69) is 39.9 Å². The average Bonchev–Trinajstić information content (AvgIpc) is 3.27. The van der Waals surface area contributed by atoms with Crippen molar-refractivity contribution in [1.29, 1.82) is 0 Å². The first-order chi connectivity index (χ1) is 11.9. The summed E-state index contributed by atoms with van der Waals surface area (Å²) in [5, 5.41) is 6.86. The number of carbonyl (C=O) groups is 1. The van der Waals surface area contributed by atoms with Gasteiger partial charge in [0.2, 0.25) is 0 Å². The largest absolute Gasteiger partial charge is 0.444 e. The Morgan fingerprint density at radius 2 is 1.85 bits per heavy atom. The third kappa shape index (κ3) is 5.49. The van der Waals surface area contributed by atoms with Crippen LogP contribution in [-0.4, -0.2) is 54.8 Å². The van der Waals surface area contributed by atoms with Gasteiger partial charge in [0.25, 0.3) is 0 Å². The van der Waals surface area contributed by atoms with E-state index >= 15 is 0 Å². The lowest BCUT2D eigenvalue weighted by atomic mass is 10.1. The van der Waals surface area contributed by atoms with E-state index in [1.165, 1.54) is 5.56 Å². The lowest BCUT2D eigenvalue weighted by Crippen LogP contribution is -2.63. The number of carbonyl (C=O) groups excluding carboxylic acids is 1. The smallest absolute Gasteiger partial charge is 0.410 e. The van der Waals surface area contributed by atoms with Gasteiger partial charge in [-0.1, -0.05) is 30.3 Å². The minimum atomic E-state index is -0.453. The number of nitrogens with zero attached hydrogens (tertiary/aromatic N) is 2. The molecule has 1 heterocycles. The van der Waals surface area contributed by atoms with Crippen molar-refractivity contribution in [3.8, 4) is 0 Å². The van der Waals surface area contributed by atoms with Gasteiger partial charge in [0.15, 0.2) is 5.96 Å². The van der Waals surface area contributed by atoms with Crippen molar-refractivity contribution in [1.82, 2.24) is 15.5 Å². The van der Waals surface area contributed by atoms with Crippen LogP contribution in [0.2, 0.25) is 0 Å². The van der Waals surface area contributed by atoms with Crippen LogP contribution >= 0.6 is 24.0 Å². The number of hydrogen-bond donors (Lipinski definition) is 2. The molecule has 26 heavy (non-hydrogen) atoms. The second kappa shape index (κ2) is 8.45. The molecule has 2 fully saturated rings.